The van der Waals surface area contributed by atoms with E-state index in [0.717, 1.165) is 50.5 Å². The number of ether oxygens (including phenoxy) is 1. The first-order valence-corrected chi connectivity index (χ1v) is 13.4. The topological polar surface area (TPSA) is 133 Å². The van der Waals surface area contributed by atoms with Crippen LogP contribution in [-0.2, 0) is 14.2 Å². The van der Waals surface area contributed by atoms with Gasteiger partial charge in [-0.25, -0.2) is 0 Å². The van der Waals surface area contributed by atoms with E-state index >= 15 is 0 Å². The van der Waals surface area contributed by atoms with Gasteiger partial charge in [-0.05, 0) is 37.8 Å². The Bertz CT molecular complexity index is 782. The van der Waals surface area contributed by atoms with Crippen LogP contribution in [0.5, 0.6) is 5.75 Å². The van der Waals surface area contributed by atoms with Crippen LogP contribution >= 0.6 is 20.2 Å². The number of hydrogen-bond donors (Lipinski definition) is 5. The number of carbonyl (C=O) groups excluding carboxylic acids is 1. The molecule has 0 aliphatic carbocycles. The van der Waals surface area contributed by atoms with Crippen molar-refractivity contribution in [3.63, 3.8) is 0 Å². The third-order valence-electron chi connectivity index (χ3n) is 5.00. The van der Waals surface area contributed by atoms with Gasteiger partial charge >= 0.3 is 13.6 Å². The summed E-state index contributed by atoms with van der Waals surface area (Å²) < 4.78 is 16.4. The third-order valence-corrected chi connectivity index (χ3v) is 6.48. The van der Waals surface area contributed by atoms with Gasteiger partial charge in [-0.3, -0.25) is 14.2 Å². The van der Waals surface area contributed by atoms with Crippen LogP contribution in [0.25, 0.3) is 0 Å². The number of rotatable bonds is 17. The van der Waals surface area contributed by atoms with E-state index in [1.165, 1.54) is 0 Å². The van der Waals surface area contributed by atoms with E-state index in [9.17, 15) is 14.2 Å². The van der Waals surface area contributed by atoms with Gasteiger partial charge in [0, 0.05) is 23.9 Å². The van der Waals surface area contributed by atoms with Crippen molar-refractivity contribution in [2.45, 2.75) is 82.4 Å². The molecule has 0 atom stereocenters. The number of nitrogens with one attached hydrogen (secondary N) is 1. The minimum Gasteiger partial charge on any atom is -0.491 e. The zero-order valence-electron chi connectivity index (χ0n) is 18.7. The molecule has 0 unspecified atom stereocenters. The highest BCUT2D eigenvalue weighted by Gasteiger charge is 2.14. The molecule has 32 heavy (non-hydrogen) atoms. The fourth-order valence-corrected chi connectivity index (χ4v) is 4.07. The molecule has 0 aromatic heterocycles. The van der Waals surface area contributed by atoms with Gasteiger partial charge in [0.25, 0.3) is 0 Å². The molecule has 0 spiro atoms. The van der Waals surface area contributed by atoms with Gasteiger partial charge in [-0.1, -0.05) is 44.6 Å². The van der Waals surface area contributed by atoms with Gasteiger partial charge in [-0.15, -0.1) is 12.6 Å². The van der Waals surface area contributed by atoms with Crippen LogP contribution in [0.15, 0.2) is 17.0 Å². The maximum atomic E-state index is 12.4. The SMILES string of the molecule is Cc1ccc(OCCCC(=O)O)c(NC(=O)CCCCCCCCCCP(=O)(O)O)c1S. The van der Waals surface area contributed by atoms with Crippen LogP contribution in [0.2, 0.25) is 0 Å². The lowest BCUT2D eigenvalue weighted by molar-refractivity contribution is -0.137. The molecule has 1 aromatic rings. The molecule has 0 saturated heterocycles. The van der Waals surface area contributed by atoms with Gasteiger partial charge in [0.2, 0.25) is 5.91 Å². The molecule has 0 aliphatic heterocycles. The minimum absolute atomic E-state index is 0.0225. The largest absolute Gasteiger partial charge is 0.491 e. The Balaban J connectivity index is 2.30. The molecule has 1 rings (SSSR count). The molecule has 0 fully saturated rings. The van der Waals surface area contributed by atoms with Crippen molar-refractivity contribution in [1.82, 2.24) is 0 Å². The predicted octanol–water partition coefficient (Wildman–Crippen LogP) is 5.15. The first kappa shape index (κ1) is 28.5. The van der Waals surface area contributed by atoms with E-state index in [4.69, 9.17) is 19.6 Å². The Labute approximate surface area is 195 Å². The number of aliphatic carboxylic acids is 1. The molecule has 8 nitrogen and oxygen atoms in total. The van der Waals surface area contributed by atoms with Crippen molar-refractivity contribution in [2.24, 2.45) is 0 Å². The van der Waals surface area contributed by atoms with E-state index in [1.54, 1.807) is 6.07 Å². The number of unbranched alkanes of at least 4 members (excludes halogenated alkanes) is 7. The van der Waals surface area contributed by atoms with Crippen molar-refractivity contribution in [3.05, 3.63) is 17.7 Å². The van der Waals surface area contributed by atoms with Crippen molar-refractivity contribution in [2.75, 3.05) is 18.1 Å². The van der Waals surface area contributed by atoms with Crippen LogP contribution in [0, 0.1) is 6.92 Å². The molecule has 182 valence electrons. The average molecular weight is 490 g/mol. The fourth-order valence-electron chi connectivity index (χ4n) is 3.19. The summed E-state index contributed by atoms with van der Waals surface area (Å²) in [6.45, 7) is 2.13. The van der Waals surface area contributed by atoms with Gasteiger partial charge in [0.05, 0.1) is 12.3 Å². The van der Waals surface area contributed by atoms with Crippen LogP contribution in [-0.4, -0.2) is 39.5 Å². The minimum atomic E-state index is -3.86. The molecule has 0 radical (unpaired) electrons. The van der Waals surface area contributed by atoms with E-state index in [0.29, 0.717) is 35.6 Å². The van der Waals surface area contributed by atoms with E-state index in [2.05, 4.69) is 17.9 Å². The summed E-state index contributed by atoms with van der Waals surface area (Å²) in [5, 5.41) is 11.6. The molecular weight excluding hydrogens is 453 g/mol. The summed E-state index contributed by atoms with van der Waals surface area (Å²) in [6.07, 6.45) is 7.92. The van der Waals surface area contributed by atoms with E-state index in [-0.39, 0.29) is 25.1 Å². The zero-order valence-corrected chi connectivity index (χ0v) is 20.5. The lowest BCUT2D eigenvalue weighted by atomic mass is 10.1. The number of benzene rings is 1. The second kappa shape index (κ2) is 15.3. The number of aryl methyl sites for hydroxylation is 1. The van der Waals surface area contributed by atoms with Crippen molar-refractivity contribution in [1.29, 1.82) is 0 Å². The van der Waals surface area contributed by atoms with Crippen LogP contribution in [0.1, 0.15) is 76.2 Å². The zero-order chi connectivity index (χ0) is 24.0. The Kier molecular flexibility index (Phi) is 13.6. The Morgan fingerprint density at radius 1 is 0.969 bits per heavy atom. The van der Waals surface area contributed by atoms with Crippen LogP contribution < -0.4 is 10.1 Å². The lowest BCUT2D eigenvalue weighted by Gasteiger charge is -2.16. The van der Waals surface area contributed by atoms with Crippen molar-refractivity contribution < 1.29 is 33.8 Å². The van der Waals surface area contributed by atoms with Crippen LogP contribution in [0.4, 0.5) is 5.69 Å². The summed E-state index contributed by atoms with van der Waals surface area (Å²) in [5.74, 6) is -0.502. The first-order chi connectivity index (χ1) is 15.1. The predicted molar refractivity (Wildman–Crippen MR) is 128 cm³/mol. The standard InChI is InChI=1S/C22H36NO7PS/c1-17-13-14-18(30-15-10-12-20(25)26)21(22(17)32)23-19(24)11-8-6-4-2-3-5-7-9-16-31(27,28)29/h13-14,32H,2-12,15-16H2,1H3,(H,23,24)(H,25,26)(H2,27,28,29). The number of carbonyl (C=O) groups is 2. The van der Waals surface area contributed by atoms with Gasteiger partial charge in [0.15, 0.2) is 0 Å². The quantitative estimate of drug-likeness (QED) is 0.116. The normalized spacial score (nSPS) is 11.4. The first-order valence-electron chi connectivity index (χ1n) is 11.1. The smallest absolute Gasteiger partial charge is 0.325 e. The van der Waals surface area contributed by atoms with Crippen molar-refractivity contribution in [3.8, 4) is 5.75 Å². The van der Waals surface area contributed by atoms with Gasteiger partial charge in [-0.2, -0.15) is 0 Å². The van der Waals surface area contributed by atoms with Crippen LogP contribution in [0.3, 0.4) is 0 Å². The Hall–Kier alpha value is -1.54. The van der Waals surface area contributed by atoms with E-state index in [1.807, 2.05) is 13.0 Å². The molecule has 0 aliphatic rings. The highest BCUT2D eigenvalue weighted by molar-refractivity contribution is 7.80. The van der Waals surface area contributed by atoms with Gasteiger partial charge in [0.1, 0.15) is 5.75 Å². The molecule has 0 saturated carbocycles. The number of carboxylic acid groups (broad SMARTS) is 1. The second-order valence-corrected chi connectivity index (χ2v) is 10.2. The third kappa shape index (κ3) is 13.1. The molecule has 0 heterocycles. The number of anilines is 1. The monoisotopic (exact) mass is 489 g/mol. The lowest BCUT2D eigenvalue weighted by Crippen LogP contribution is -2.13. The molecule has 1 aromatic carbocycles. The number of thiol groups is 1. The molecule has 1 amide bonds. The van der Waals surface area contributed by atoms with Gasteiger partial charge < -0.3 is 24.9 Å². The highest BCUT2D eigenvalue weighted by atomic mass is 32.1. The molecule has 10 heteroatoms. The summed E-state index contributed by atoms with van der Waals surface area (Å²) in [6, 6.07) is 3.60. The average Bonchev–Trinajstić information content (AvgIpc) is 2.70. The van der Waals surface area contributed by atoms with E-state index < -0.39 is 13.6 Å². The Morgan fingerprint density at radius 2 is 1.56 bits per heavy atom. The number of hydrogen-bond acceptors (Lipinski definition) is 5. The number of carboxylic acids is 1. The summed E-state index contributed by atoms with van der Waals surface area (Å²) in [7, 11) is -3.86. The summed E-state index contributed by atoms with van der Waals surface area (Å²) in [5.41, 5.74) is 1.42. The Morgan fingerprint density at radius 3 is 2.16 bits per heavy atom. The summed E-state index contributed by atoms with van der Waals surface area (Å²) in [4.78, 5) is 41.3. The van der Waals surface area contributed by atoms with Crippen molar-refractivity contribution >= 4 is 37.8 Å². The second-order valence-electron chi connectivity index (χ2n) is 7.96. The molecular formula is C22H36NO7PS. The summed E-state index contributed by atoms with van der Waals surface area (Å²) >= 11 is 4.49. The highest BCUT2D eigenvalue weighted by Crippen LogP contribution is 2.36. The maximum absolute atomic E-state index is 12.4. The number of amides is 1. The molecule has 0 bridgehead atoms. The molecule has 4 N–H and O–H groups in total. The maximum Gasteiger partial charge on any atom is 0.325 e. The fraction of sp³-hybridized carbons (Fsp3) is 0.636.